The van der Waals surface area contributed by atoms with E-state index in [1.54, 1.807) is 0 Å². The molecule has 0 bridgehead atoms. The summed E-state index contributed by atoms with van der Waals surface area (Å²) >= 11 is 0. The van der Waals surface area contributed by atoms with Gasteiger partial charge in [-0.3, -0.25) is 9.59 Å². The number of anilines is 2. The largest absolute Gasteiger partial charge is 0.371 e. The topological polar surface area (TPSA) is 75.4 Å². The Morgan fingerprint density at radius 3 is 2.58 bits per heavy atom. The summed E-state index contributed by atoms with van der Waals surface area (Å²) in [6.07, 6.45) is 3.40. The molecule has 1 saturated heterocycles. The van der Waals surface area contributed by atoms with Crippen molar-refractivity contribution in [3.8, 4) is 0 Å². The van der Waals surface area contributed by atoms with Crippen LogP contribution in [0.4, 0.5) is 11.4 Å². The Bertz CT molecular complexity index is 842. The third-order valence-corrected chi connectivity index (χ3v) is 5.35. The highest BCUT2D eigenvalue weighted by Gasteiger charge is 2.29. The number of carbonyl (C=O) groups excluding carboxylic acids is 2. The van der Waals surface area contributed by atoms with Crippen LogP contribution in [-0.2, 0) is 11.2 Å². The van der Waals surface area contributed by atoms with Crippen molar-refractivity contribution in [2.24, 2.45) is 5.73 Å². The zero-order valence-corrected chi connectivity index (χ0v) is 14.7. The molecule has 0 unspecified atom stereocenters. The SMILES string of the molecule is NC(=O)c1cc2c(cc1N1CCCC1)NC(=O)C[C@H]2Cc1ccccc1. The molecule has 0 radical (unpaired) electrons. The fourth-order valence-electron chi connectivity index (χ4n) is 4.08. The first kappa shape index (κ1) is 16.6. The van der Waals surface area contributed by atoms with E-state index in [0.717, 1.165) is 49.3 Å². The second kappa shape index (κ2) is 6.83. The molecule has 4 rings (SSSR count). The molecule has 2 heterocycles. The lowest BCUT2D eigenvalue weighted by molar-refractivity contribution is -0.116. The molecular formula is C21H23N3O2. The molecule has 1 atom stereocenters. The van der Waals surface area contributed by atoms with Gasteiger partial charge in [0.25, 0.3) is 5.91 Å². The minimum absolute atomic E-state index is 0.0256. The van der Waals surface area contributed by atoms with Crippen LogP contribution in [0.25, 0.3) is 0 Å². The summed E-state index contributed by atoms with van der Waals surface area (Å²) < 4.78 is 0. The molecule has 0 aliphatic carbocycles. The molecule has 0 aromatic heterocycles. The number of hydrogen-bond donors (Lipinski definition) is 2. The Morgan fingerprint density at radius 1 is 1.15 bits per heavy atom. The van der Waals surface area contributed by atoms with E-state index >= 15 is 0 Å². The second-order valence-electron chi connectivity index (χ2n) is 7.15. The highest BCUT2D eigenvalue weighted by atomic mass is 16.2. The fourth-order valence-corrected chi connectivity index (χ4v) is 4.08. The Labute approximate surface area is 153 Å². The third-order valence-electron chi connectivity index (χ3n) is 5.35. The lowest BCUT2D eigenvalue weighted by Gasteiger charge is -2.29. The van der Waals surface area contributed by atoms with Crippen molar-refractivity contribution in [3.05, 3.63) is 59.2 Å². The number of nitrogens with zero attached hydrogens (tertiary/aromatic N) is 1. The van der Waals surface area contributed by atoms with Crippen molar-refractivity contribution >= 4 is 23.2 Å². The van der Waals surface area contributed by atoms with Gasteiger partial charge >= 0.3 is 0 Å². The standard InChI is InChI=1S/C21H23N3O2/c22-21(26)17-12-16-15(10-14-6-2-1-3-7-14)11-20(25)23-18(16)13-19(17)24-8-4-5-9-24/h1-3,6-7,12-13,15H,4-5,8-11H2,(H2,22,26)(H,23,25)/t15-/m1/s1. The molecule has 2 amide bonds. The number of primary amides is 1. The van der Waals surface area contributed by atoms with E-state index in [9.17, 15) is 9.59 Å². The van der Waals surface area contributed by atoms with E-state index in [4.69, 9.17) is 5.73 Å². The quantitative estimate of drug-likeness (QED) is 0.891. The Hall–Kier alpha value is -2.82. The van der Waals surface area contributed by atoms with Gasteiger partial charge in [0.1, 0.15) is 0 Å². The average molecular weight is 349 g/mol. The summed E-state index contributed by atoms with van der Waals surface area (Å²) in [6, 6.07) is 14.0. The van der Waals surface area contributed by atoms with Crippen molar-refractivity contribution in [2.45, 2.75) is 31.6 Å². The van der Waals surface area contributed by atoms with Crippen molar-refractivity contribution in [2.75, 3.05) is 23.3 Å². The van der Waals surface area contributed by atoms with E-state index in [-0.39, 0.29) is 11.8 Å². The van der Waals surface area contributed by atoms with Crippen molar-refractivity contribution < 1.29 is 9.59 Å². The molecule has 1 fully saturated rings. The minimum atomic E-state index is -0.412. The summed E-state index contributed by atoms with van der Waals surface area (Å²) in [5, 5.41) is 2.99. The van der Waals surface area contributed by atoms with Gasteiger partial charge in [-0.15, -0.1) is 0 Å². The number of nitrogens with one attached hydrogen (secondary N) is 1. The molecule has 3 N–H and O–H groups in total. The van der Waals surface area contributed by atoms with E-state index in [1.165, 1.54) is 5.56 Å². The van der Waals surface area contributed by atoms with Gasteiger partial charge < -0.3 is 16.0 Å². The third kappa shape index (κ3) is 3.17. The van der Waals surface area contributed by atoms with Crippen molar-refractivity contribution in [3.63, 3.8) is 0 Å². The Balaban J connectivity index is 1.75. The van der Waals surface area contributed by atoms with Gasteiger partial charge in [0, 0.05) is 25.2 Å². The number of fused-ring (bicyclic) bond motifs is 1. The van der Waals surface area contributed by atoms with Crippen LogP contribution >= 0.6 is 0 Å². The van der Waals surface area contributed by atoms with Crippen LogP contribution < -0.4 is 16.0 Å². The van der Waals surface area contributed by atoms with Gasteiger partial charge in [-0.25, -0.2) is 0 Å². The lowest BCUT2D eigenvalue weighted by Crippen LogP contribution is -2.28. The molecule has 0 spiro atoms. The maximum Gasteiger partial charge on any atom is 0.250 e. The maximum atomic E-state index is 12.3. The molecule has 5 nitrogen and oxygen atoms in total. The van der Waals surface area contributed by atoms with Crippen molar-refractivity contribution in [1.29, 1.82) is 0 Å². The van der Waals surface area contributed by atoms with Crippen LogP contribution in [0.15, 0.2) is 42.5 Å². The Morgan fingerprint density at radius 2 is 1.88 bits per heavy atom. The van der Waals surface area contributed by atoms with Crippen molar-refractivity contribution in [1.82, 2.24) is 0 Å². The zero-order valence-electron chi connectivity index (χ0n) is 14.7. The average Bonchev–Trinajstić information content (AvgIpc) is 3.16. The first-order valence-corrected chi connectivity index (χ1v) is 9.18. The van der Waals surface area contributed by atoms with E-state index in [2.05, 4.69) is 22.3 Å². The molecule has 2 aliphatic rings. The number of benzene rings is 2. The molecule has 2 aliphatic heterocycles. The van der Waals surface area contributed by atoms with Gasteiger partial charge in [-0.1, -0.05) is 30.3 Å². The van der Waals surface area contributed by atoms with E-state index < -0.39 is 5.91 Å². The number of amides is 2. The number of carbonyl (C=O) groups is 2. The summed E-state index contributed by atoms with van der Waals surface area (Å²) in [6.45, 7) is 1.83. The van der Waals surface area contributed by atoms with Crippen LogP contribution in [0.2, 0.25) is 0 Å². The highest BCUT2D eigenvalue weighted by Crippen LogP contribution is 2.39. The van der Waals surface area contributed by atoms with E-state index in [0.29, 0.717) is 12.0 Å². The predicted octanol–water partition coefficient (Wildman–Crippen LogP) is 3.05. The molecule has 0 saturated carbocycles. The number of hydrogen-bond acceptors (Lipinski definition) is 3. The van der Waals surface area contributed by atoms with E-state index in [1.807, 2.05) is 30.3 Å². The Kier molecular flexibility index (Phi) is 4.37. The van der Waals surface area contributed by atoms with Crippen LogP contribution in [0, 0.1) is 0 Å². The molecule has 134 valence electrons. The monoisotopic (exact) mass is 349 g/mol. The van der Waals surface area contributed by atoms with Gasteiger partial charge in [-0.2, -0.15) is 0 Å². The van der Waals surface area contributed by atoms with Gasteiger partial charge in [0.2, 0.25) is 5.91 Å². The summed E-state index contributed by atoms with van der Waals surface area (Å²) in [5.41, 5.74) is 10.1. The minimum Gasteiger partial charge on any atom is -0.371 e. The van der Waals surface area contributed by atoms with Gasteiger partial charge in [-0.05, 0) is 48.4 Å². The predicted molar refractivity (Wildman–Crippen MR) is 103 cm³/mol. The molecular weight excluding hydrogens is 326 g/mol. The summed E-state index contributed by atoms with van der Waals surface area (Å²) in [7, 11) is 0. The van der Waals surface area contributed by atoms with Gasteiger partial charge in [0.15, 0.2) is 0 Å². The summed E-state index contributed by atoms with van der Waals surface area (Å²) in [4.78, 5) is 26.6. The first-order chi connectivity index (χ1) is 12.6. The smallest absolute Gasteiger partial charge is 0.250 e. The summed E-state index contributed by atoms with van der Waals surface area (Å²) in [5.74, 6) is -0.338. The van der Waals surface area contributed by atoms with Crippen LogP contribution in [0.5, 0.6) is 0 Å². The normalized spacial score (nSPS) is 19.2. The molecule has 26 heavy (non-hydrogen) atoms. The van der Waals surface area contributed by atoms with Crippen LogP contribution in [0.3, 0.4) is 0 Å². The zero-order chi connectivity index (χ0) is 18.1. The van der Waals surface area contributed by atoms with Crippen LogP contribution in [0.1, 0.15) is 46.7 Å². The van der Waals surface area contributed by atoms with Crippen LogP contribution in [-0.4, -0.2) is 24.9 Å². The van der Waals surface area contributed by atoms with Gasteiger partial charge in [0.05, 0.1) is 11.3 Å². The second-order valence-corrected chi connectivity index (χ2v) is 7.15. The number of rotatable bonds is 4. The molecule has 2 aromatic rings. The number of nitrogens with two attached hydrogens (primary N) is 1. The maximum absolute atomic E-state index is 12.3. The first-order valence-electron chi connectivity index (χ1n) is 9.18. The lowest BCUT2D eigenvalue weighted by atomic mass is 9.84. The molecule has 2 aromatic carbocycles. The molecule has 5 heteroatoms. The fraction of sp³-hybridized carbons (Fsp3) is 0.333. The highest BCUT2D eigenvalue weighted by molar-refractivity contribution is 6.02.